The summed E-state index contributed by atoms with van der Waals surface area (Å²) in [6, 6.07) is 8.14. The molecule has 1 fully saturated rings. The van der Waals surface area contributed by atoms with Gasteiger partial charge in [0.05, 0.1) is 0 Å². The van der Waals surface area contributed by atoms with Crippen molar-refractivity contribution in [1.82, 2.24) is 15.5 Å². The summed E-state index contributed by atoms with van der Waals surface area (Å²) >= 11 is 0. The summed E-state index contributed by atoms with van der Waals surface area (Å²) in [6.07, 6.45) is 4.91. The average Bonchev–Trinajstić information content (AvgIpc) is 2.53. The highest BCUT2D eigenvalue weighted by Gasteiger charge is 2.15. The van der Waals surface area contributed by atoms with Crippen LogP contribution in [-0.2, 0) is 6.54 Å². The predicted octanol–water partition coefficient (Wildman–Crippen LogP) is 3.31. The van der Waals surface area contributed by atoms with Gasteiger partial charge in [-0.25, -0.2) is 4.79 Å². The number of benzene rings is 1. The largest absolute Gasteiger partial charge is 0.338 e. The summed E-state index contributed by atoms with van der Waals surface area (Å²) in [5.74, 6) is 0.842. The minimum Gasteiger partial charge on any atom is -0.338 e. The third kappa shape index (κ3) is 7.04. The molecule has 1 aromatic carbocycles. The van der Waals surface area contributed by atoms with Gasteiger partial charge in [-0.05, 0) is 57.2 Å². The first kappa shape index (κ1) is 17.8. The van der Waals surface area contributed by atoms with Gasteiger partial charge in [0.1, 0.15) is 0 Å². The molecule has 2 amide bonds. The number of nitrogens with zero attached hydrogens (tertiary/aromatic N) is 1. The fraction of sp³-hybridized carbons (Fsp3) is 0.632. The first-order valence-corrected chi connectivity index (χ1v) is 8.93. The Morgan fingerprint density at radius 1 is 1.30 bits per heavy atom. The third-order valence-corrected chi connectivity index (χ3v) is 4.46. The number of piperidine rings is 1. The summed E-state index contributed by atoms with van der Waals surface area (Å²) in [7, 11) is 0. The minimum atomic E-state index is -0.0712. The van der Waals surface area contributed by atoms with Crippen LogP contribution in [0.3, 0.4) is 0 Å². The molecule has 0 saturated carbocycles. The van der Waals surface area contributed by atoms with E-state index < -0.39 is 0 Å². The van der Waals surface area contributed by atoms with E-state index in [0.717, 1.165) is 37.4 Å². The van der Waals surface area contributed by atoms with Crippen molar-refractivity contribution < 1.29 is 4.79 Å². The molecule has 1 heterocycles. The van der Waals surface area contributed by atoms with Crippen LogP contribution in [0.15, 0.2) is 24.3 Å². The molecule has 2 rings (SSSR count). The fourth-order valence-corrected chi connectivity index (χ4v) is 3.22. The van der Waals surface area contributed by atoms with Gasteiger partial charge in [0.15, 0.2) is 0 Å². The molecular weight excluding hydrogens is 286 g/mol. The van der Waals surface area contributed by atoms with Gasteiger partial charge in [0, 0.05) is 19.6 Å². The monoisotopic (exact) mass is 317 g/mol. The van der Waals surface area contributed by atoms with Crippen LogP contribution < -0.4 is 10.6 Å². The molecule has 1 aliphatic rings. The number of rotatable bonds is 7. The molecule has 1 aromatic rings. The van der Waals surface area contributed by atoms with Crippen molar-refractivity contribution in [3.63, 3.8) is 0 Å². The zero-order valence-electron chi connectivity index (χ0n) is 14.6. The van der Waals surface area contributed by atoms with Gasteiger partial charge < -0.3 is 15.5 Å². The molecule has 0 aliphatic carbocycles. The quantitative estimate of drug-likeness (QED) is 0.758. The van der Waals surface area contributed by atoms with Crippen molar-refractivity contribution in [3.05, 3.63) is 35.4 Å². The number of hydrogen-bond acceptors (Lipinski definition) is 2. The molecule has 1 atom stereocenters. The number of hydrogen-bond donors (Lipinski definition) is 2. The minimum absolute atomic E-state index is 0.0712. The summed E-state index contributed by atoms with van der Waals surface area (Å²) in [4.78, 5) is 14.3. The second-order valence-corrected chi connectivity index (χ2v) is 6.85. The normalized spacial score (nSPS) is 18.6. The number of unbranched alkanes of at least 4 members (excludes halogenated alkanes) is 1. The maximum absolute atomic E-state index is 11.8. The predicted molar refractivity (Wildman–Crippen MR) is 95.5 cm³/mol. The van der Waals surface area contributed by atoms with E-state index in [1.54, 1.807) is 0 Å². The van der Waals surface area contributed by atoms with E-state index in [9.17, 15) is 4.79 Å². The molecule has 23 heavy (non-hydrogen) atoms. The lowest BCUT2D eigenvalue weighted by atomic mass is 10.0. The third-order valence-electron chi connectivity index (χ3n) is 4.46. The number of carbonyl (C=O) groups excluding carboxylic acids is 1. The smallest absolute Gasteiger partial charge is 0.315 e. The van der Waals surface area contributed by atoms with Crippen molar-refractivity contribution in [3.8, 4) is 0 Å². The summed E-state index contributed by atoms with van der Waals surface area (Å²) in [5.41, 5.74) is 2.36. The first-order valence-electron chi connectivity index (χ1n) is 8.93. The zero-order valence-corrected chi connectivity index (χ0v) is 14.6. The van der Waals surface area contributed by atoms with Crippen molar-refractivity contribution in [2.24, 2.45) is 5.92 Å². The van der Waals surface area contributed by atoms with Gasteiger partial charge in [-0.1, -0.05) is 36.8 Å². The topological polar surface area (TPSA) is 44.4 Å². The summed E-state index contributed by atoms with van der Waals surface area (Å²) < 4.78 is 0. The zero-order chi connectivity index (χ0) is 16.5. The lowest BCUT2D eigenvalue weighted by molar-refractivity contribution is 0.181. The molecule has 4 heteroatoms. The highest BCUT2D eigenvalue weighted by molar-refractivity contribution is 5.73. The maximum atomic E-state index is 11.8. The lowest BCUT2D eigenvalue weighted by Gasteiger charge is -2.30. The first-order chi connectivity index (χ1) is 11.1. The molecule has 0 bridgehead atoms. The Morgan fingerprint density at radius 3 is 2.96 bits per heavy atom. The van der Waals surface area contributed by atoms with Crippen molar-refractivity contribution in [2.45, 2.75) is 46.1 Å². The van der Waals surface area contributed by atoms with Gasteiger partial charge in [0.25, 0.3) is 0 Å². The highest BCUT2D eigenvalue weighted by Crippen LogP contribution is 2.15. The van der Waals surface area contributed by atoms with E-state index in [2.05, 4.69) is 41.5 Å². The van der Waals surface area contributed by atoms with E-state index in [4.69, 9.17) is 0 Å². The van der Waals surface area contributed by atoms with Gasteiger partial charge in [-0.3, -0.25) is 0 Å². The molecule has 0 spiro atoms. The summed E-state index contributed by atoms with van der Waals surface area (Å²) in [6.45, 7) is 9.39. The Morgan fingerprint density at radius 2 is 2.17 bits per heavy atom. The van der Waals surface area contributed by atoms with Crippen molar-refractivity contribution in [2.75, 3.05) is 26.2 Å². The molecular formula is C19H31N3O. The molecule has 1 saturated heterocycles. The van der Waals surface area contributed by atoms with Gasteiger partial charge in [-0.2, -0.15) is 0 Å². The number of urea groups is 1. The Kier molecular flexibility index (Phi) is 7.40. The lowest BCUT2D eigenvalue weighted by Crippen LogP contribution is -2.37. The second kappa shape index (κ2) is 9.56. The van der Waals surface area contributed by atoms with Crippen LogP contribution in [-0.4, -0.2) is 37.1 Å². The average molecular weight is 317 g/mol. The molecule has 1 aliphatic heterocycles. The van der Waals surface area contributed by atoms with E-state index >= 15 is 0 Å². The standard InChI is InChI=1S/C19H31N3O/c1-16-7-5-9-18(13-16)14-21-19(23)20-10-3-4-11-22-12-6-8-17(2)15-22/h5,7,9,13,17H,3-4,6,8,10-12,14-15H2,1-2H3,(H2,20,21,23). The van der Waals surface area contributed by atoms with E-state index in [1.807, 2.05) is 12.1 Å². The van der Waals surface area contributed by atoms with Crippen molar-refractivity contribution in [1.29, 1.82) is 0 Å². The Labute approximate surface area is 140 Å². The van der Waals surface area contributed by atoms with Crippen LogP contribution in [0.5, 0.6) is 0 Å². The van der Waals surface area contributed by atoms with Crippen LogP contribution in [0, 0.1) is 12.8 Å². The van der Waals surface area contributed by atoms with Gasteiger partial charge in [0.2, 0.25) is 0 Å². The number of amides is 2. The molecule has 4 nitrogen and oxygen atoms in total. The maximum Gasteiger partial charge on any atom is 0.315 e. The summed E-state index contributed by atoms with van der Waals surface area (Å²) in [5, 5.41) is 5.86. The van der Waals surface area contributed by atoms with Gasteiger partial charge >= 0.3 is 6.03 Å². The number of carbonyl (C=O) groups is 1. The highest BCUT2D eigenvalue weighted by atomic mass is 16.2. The van der Waals surface area contributed by atoms with Crippen LogP contribution >= 0.6 is 0 Å². The van der Waals surface area contributed by atoms with E-state index in [1.165, 1.54) is 31.5 Å². The number of aryl methyl sites for hydroxylation is 1. The fourth-order valence-electron chi connectivity index (χ4n) is 3.22. The molecule has 2 N–H and O–H groups in total. The number of nitrogens with one attached hydrogen (secondary N) is 2. The molecule has 0 radical (unpaired) electrons. The second-order valence-electron chi connectivity index (χ2n) is 6.85. The van der Waals surface area contributed by atoms with E-state index in [0.29, 0.717) is 6.54 Å². The Hall–Kier alpha value is -1.55. The Balaban J connectivity index is 1.51. The Bertz CT molecular complexity index is 489. The molecule has 1 unspecified atom stereocenters. The van der Waals surface area contributed by atoms with Crippen LogP contribution in [0.1, 0.15) is 43.7 Å². The van der Waals surface area contributed by atoms with Gasteiger partial charge in [-0.15, -0.1) is 0 Å². The van der Waals surface area contributed by atoms with Crippen LogP contribution in [0.4, 0.5) is 4.79 Å². The molecule has 128 valence electrons. The van der Waals surface area contributed by atoms with E-state index in [-0.39, 0.29) is 6.03 Å². The molecule has 0 aromatic heterocycles. The van der Waals surface area contributed by atoms with Crippen LogP contribution in [0.25, 0.3) is 0 Å². The van der Waals surface area contributed by atoms with Crippen molar-refractivity contribution >= 4 is 6.03 Å². The van der Waals surface area contributed by atoms with Crippen LogP contribution in [0.2, 0.25) is 0 Å². The SMILES string of the molecule is Cc1cccc(CNC(=O)NCCCCN2CCCC(C)C2)c1. The number of likely N-dealkylation sites (tertiary alicyclic amines) is 1.